The molecule has 0 aromatic heterocycles. The van der Waals surface area contributed by atoms with E-state index in [4.69, 9.17) is 4.74 Å². The highest BCUT2D eigenvalue weighted by atomic mass is 16.5. The fraction of sp³-hybridized carbons (Fsp3) is 0.957. The first kappa shape index (κ1) is 24.5. The normalized spacial score (nSPS) is 11.2. The molecule has 0 bridgehead atoms. The molecule has 0 fully saturated rings. The second-order valence-corrected chi connectivity index (χ2v) is 7.68. The van der Waals surface area contributed by atoms with Gasteiger partial charge in [-0.25, -0.2) is 0 Å². The minimum absolute atomic E-state index is 0.0683. The predicted octanol–water partition coefficient (Wildman–Crippen LogP) is 7.84. The fourth-order valence-electron chi connectivity index (χ4n) is 3.40. The van der Waals surface area contributed by atoms with Gasteiger partial charge >= 0.3 is 5.97 Å². The number of carbonyl (C=O) groups is 1. The molecule has 0 amide bonds. The van der Waals surface area contributed by atoms with Gasteiger partial charge in [0.1, 0.15) is 0 Å². The van der Waals surface area contributed by atoms with Crippen LogP contribution in [0.15, 0.2) is 0 Å². The monoisotopic (exact) mass is 354 g/mol. The molecule has 0 N–H and O–H groups in total. The van der Waals surface area contributed by atoms with E-state index in [1.165, 1.54) is 89.9 Å². The Kier molecular flexibility index (Phi) is 19.4. The molecule has 0 radical (unpaired) electrons. The van der Waals surface area contributed by atoms with Crippen LogP contribution < -0.4 is 0 Å². The van der Waals surface area contributed by atoms with E-state index in [1.807, 2.05) is 0 Å². The molecule has 0 aliphatic rings. The summed E-state index contributed by atoms with van der Waals surface area (Å²) in [5.41, 5.74) is 0. The van der Waals surface area contributed by atoms with Gasteiger partial charge in [-0.3, -0.25) is 4.79 Å². The smallest absolute Gasteiger partial charge is 0.308 e. The third-order valence-electron chi connectivity index (χ3n) is 5.09. The molecule has 0 unspecified atom stereocenters. The summed E-state index contributed by atoms with van der Waals surface area (Å²) < 4.78 is 5.43. The lowest BCUT2D eigenvalue weighted by atomic mass is 9.94. The van der Waals surface area contributed by atoms with E-state index < -0.39 is 0 Å². The van der Waals surface area contributed by atoms with Crippen LogP contribution in [0.25, 0.3) is 0 Å². The summed E-state index contributed by atoms with van der Waals surface area (Å²) in [4.78, 5) is 12.3. The molecule has 0 aromatic carbocycles. The summed E-state index contributed by atoms with van der Waals surface area (Å²) in [5.74, 6) is 0.219. The second kappa shape index (κ2) is 19.8. The minimum atomic E-state index is 0.0683. The van der Waals surface area contributed by atoms with Crippen LogP contribution in [-0.2, 0) is 9.53 Å². The van der Waals surface area contributed by atoms with Crippen LogP contribution in [0.1, 0.15) is 130 Å². The molecule has 0 aromatic rings. The van der Waals surface area contributed by atoms with Gasteiger partial charge in [-0.15, -0.1) is 0 Å². The highest BCUT2D eigenvalue weighted by Gasteiger charge is 2.19. The molecule has 0 heterocycles. The van der Waals surface area contributed by atoms with Gasteiger partial charge in [-0.1, -0.05) is 111 Å². The molecule has 150 valence electrons. The van der Waals surface area contributed by atoms with Crippen molar-refractivity contribution in [1.82, 2.24) is 0 Å². The predicted molar refractivity (Wildman–Crippen MR) is 110 cm³/mol. The van der Waals surface area contributed by atoms with Gasteiger partial charge < -0.3 is 4.74 Å². The summed E-state index contributed by atoms with van der Waals surface area (Å²) >= 11 is 0. The van der Waals surface area contributed by atoms with Crippen LogP contribution in [0, 0.1) is 5.92 Å². The van der Waals surface area contributed by atoms with Crippen molar-refractivity contribution in [2.45, 2.75) is 130 Å². The molecule has 2 heteroatoms. The van der Waals surface area contributed by atoms with Crippen LogP contribution in [0.5, 0.6) is 0 Å². The Labute approximate surface area is 158 Å². The molecule has 0 saturated heterocycles. The van der Waals surface area contributed by atoms with Gasteiger partial charge in [0, 0.05) is 0 Å². The van der Waals surface area contributed by atoms with Gasteiger partial charge in [0.25, 0.3) is 0 Å². The average Bonchev–Trinajstić information content (AvgIpc) is 2.62. The number of carbonyl (C=O) groups excluding carboxylic acids is 1. The topological polar surface area (TPSA) is 26.3 Å². The molecular weight excluding hydrogens is 308 g/mol. The standard InChI is InChI=1S/C23H46O2/c1-4-7-9-11-13-15-17-19-22(23(24)25-21-6-3)20-18-16-14-12-10-8-5-2/h22H,4-21H2,1-3H3. The van der Waals surface area contributed by atoms with Crippen molar-refractivity contribution in [3.63, 3.8) is 0 Å². The van der Waals surface area contributed by atoms with Crippen molar-refractivity contribution in [3.8, 4) is 0 Å². The number of unbranched alkanes of at least 4 members (excludes halogenated alkanes) is 12. The van der Waals surface area contributed by atoms with Crippen molar-refractivity contribution < 1.29 is 9.53 Å². The molecule has 0 atom stereocenters. The average molecular weight is 355 g/mol. The van der Waals surface area contributed by atoms with Crippen molar-refractivity contribution >= 4 is 5.97 Å². The molecule has 2 nitrogen and oxygen atoms in total. The highest BCUT2D eigenvalue weighted by molar-refractivity contribution is 5.72. The van der Waals surface area contributed by atoms with E-state index in [0.29, 0.717) is 6.61 Å². The van der Waals surface area contributed by atoms with Gasteiger partial charge in [-0.2, -0.15) is 0 Å². The number of ether oxygens (including phenoxy) is 1. The Morgan fingerprint density at radius 1 is 0.600 bits per heavy atom. The summed E-state index contributed by atoms with van der Waals surface area (Å²) in [5, 5.41) is 0. The maximum absolute atomic E-state index is 12.3. The van der Waals surface area contributed by atoms with Gasteiger partial charge in [0.15, 0.2) is 0 Å². The van der Waals surface area contributed by atoms with Gasteiger partial charge in [0.2, 0.25) is 0 Å². The van der Waals surface area contributed by atoms with E-state index in [2.05, 4.69) is 20.8 Å². The van der Waals surface area contributed by atoms with Crippen LogP contribution in [-0.4, -0.2) is 12.6 Å². The number of hydrogen-bond acceptors (Lipinski definition) is 2. The maximum atomic E-state index is 12.3. The summed E-state index contributed by atoms with van der Waals surface area (Å²) in [7, 11) is 0. The van der Waals surface area contributed by atoms with Crippen molar-refractivity contribution in [1.29, 1.82) is 0 Å². The summed E-state index contributed by atoms with van der Waals surface area (Å²) in [6, 6.07) is 0. The first-order valence-corrected chi connectivity index (χ1v) is 11.4. The zero-order valence-corrected chi connectivity index (χ0v) is 17.6. The molecule has 0 rings (SSSR count). The lowest BCUT2D eigenvalue weighted by molar-refractivity contribution is -0.149. The summed E-state index contributed by atoms with van der Waals surface area (Å²) in [6.07, 6.45) is 21.4. The minimum Gasteiger partial charge on any atom is -0.465 e. The SMILES string of the molecule is CCCCCCCCCC(CCCCCCCCC)C(=O)OCCC. The fourth-order valence-corrected chi connectivity index (χ4v) is 3.40. The lowest BCUT2D eigenvalue weighted by Gasteiger charge is -2.16. The third kappa shape index (κ3) is 16.7. The Bertz CT molecular complexity index is 257. The maximum Gasteiger partial charge on any atom is 0.308 e. The van der Waals surface area contributed by atoms with Crippen LogP contribution >= 0.6 is 0 Å². The lowest BCUT2D eigenvalue weighted by Crippen LogP contribution is -2.18. The van der Waals surface area contributed by atoms with Crippen molar-refractivity contribution in [3.05, 3.63) is 0 Å². The van der Waals surface area contributed by atoms with Crippen molar-refractivity contribution in [2.24, 2.45) is 5.92 Å². The number of esters is 1. The molecule has 0 aliphatic carbocycles. The first-order valence-electron chi connectivity index (χ1n) is 11.4. The van der Waals surface area contributed by atoms with E-state index >= 15 is 0 Å². The van der Waals surface area contributed by atoms with E-state index in [-0.39, 0.29) is 11.9 Å². The first-order chi connectivity index (χ1) is 12.3. The highest BCUT2D eigenvalue weighted by Crippen LogP contribution is 2.21. The molecule has 25 heavy (non-hydrogen) atoms. The molecule has 0 aliphatic heterocycles. The molecule has 0 spiro atoms. The van der Waals surface area contributed by atoms with Gasteiger partial charge in [-0.05, 0) is 19.3 Å². The van der Waals surface area contributed by atoms with Crippen LogP contribution in [0.3, 0.4) is 0 Å². The van der Waals surface area contributed by atoms with Gasteiger partial charge in [0.05, 0.1) is 12.5 Å². The van der Waals surface area contributed by atoms with E-state index in [9.17, 15) is 4.79 Å². The van der Waals surface area contributed by atoms with Crippen molar-refractivity contribution in [2.75, 3.05) is 6.61 Å². The molecular formula is C23H46O2. The Morgan fingerprint density at radius 2 is 1.00 bits per heavy atom. The van der Waals surface area contributed by atoms with Crippen LogP contribution in [0.2, 0.25) is 0 Å². The van der Waals surface area contributed by atoms with Crippen LogP contribution in [0.4, 0.5) is 0 Å². The second-order valence-electron chi connectivity index (χ2n) is 7.68. The molecule has 0 saturated carbocycles. The Balaban J connectivity index is 3.88. The quantitative estimate of drug-likeness (QED) is 0.174. The third-order valence-corrected chi connectivity index (χ3v) is 5.09. The number of rotatable bonds is 19. The number of hydrogen-bond donors (Lipinski definition) is 0. The Morgan fingerprint density at radius 3 is 1.40 bits per heavy atom. The zero-order chi connectivity index (χ0) is 18.6. The van der Waals surface area contributed by atoms with E-state index in [1.54, 1.807) is 0 Å². The zero-order valence-electron chi connectivity index (χ0n) is 17.6. The summed E-state index contributed by atoms with van der Waals surface area (Å²) in [6.45, 7) is 7.17. The largest absolute Gasteiger partial charge is 0.465 e. The Hall–Kier alpha value is -0.530. The van der Waals surface area contributed by atoms with E-state index in [0.717, 1.165) is 19.3 Å².